The van der Waals surface area contributed by atoms with Crippen LogP contribution < -0.4 is 0 Å². The summed E-state index contributed by atoms with van der Waals surface area (Å²) < 4.78 is 0. The molecule has 0 radical (unpaired) electrons. The lowest BCUT2D eigenvalue weighted by atomic mass is 9.85. The Balaban J connectivity index is 1.85. The minimum absolute atomic E-state index is 0.424. The highest BCUT2D eigenvalue weighted by molar-refractivity contribution is 8.00. The molecule has 0 N–H and O–H groups in total. The van der Waals surface area contributed by atoms with Gasteiger partial charge in [-0.25, -0.2) is 0 Å². The summed E-state index contributed by atoms with van der Waals surface area (Å²) in [6, 6.07) is 0. The van der Waals surface area contributed by atoms with E-state index in [0.29, 0.717) is 11.7 Å². The van der Waals surface area contributed by atoms with Crippen LogP contribution in [0.3, 0.4) is 0 Å². The van der Waals surface area contributed by atoms with Crippen molar-refractivity contribution in [3.8, 4) is 0 Å². The number of ketones is 1. The maximum absolute atomic E-state index is 12.0. The van der Waals surface area contributed by atoms with Crippen molar-refractivity contribution < 1.29 is 4.79 Å². The molecule has 86 valence electrons. The van der Waals surface area contributed by atoms with Gasteiger partial charge in [0.25, 0.3) is 0 Å². The summed E-state index contributed by atoms with van der Waals surface area (Å²) in [4.78, 5) is 12.0. The fourth-order valence-electron chi connectivity index (χ4n) is 2.88. The van der Waals surface area contributed by atoms with Crippen LogP contribution in [-0.2, 0) is 4.79 Å². The quantitative estimate of drug-likeness (QED) is 0.725. The zero-order chi connectivity index (χ0) is 10.7. The van der Waals surface area contributed by atoms with Crippen molar-refractivity contribution in [2.75, 3.05) is 0 Å². The second-order valence-electron chi connectivity index (χ2n) is 5.05. The third kappa shape index (κ3) is 2.99. The fourth-order valence-corrected chi connectivity index (χ4v) is 4.71. The van der Waals surface area contributed by atoms with Gasteiger partial charge in [-0.05, 0) is 32.1 Å². The zero-order valence-electron chi connectivity index (χ0n) is 9.71. The van der Waals surface area contributed by atoms with Crippen LogP contribution >= 0.6 is 11.8 Å². The second-order valence-corrected chi connectivity index (χ2v) is 6.65. The number of carbonyl (C=O) groups excluding carboxylic acids is 1. The van der Waals surface area contributed by atoms with E-state index < -0.39 is 0 Å². The highest BCUT2D eigenvalue weighted by atomic mass is 32.2. The summed E-state index contributed by atoms with van der Waals surface area (Å²) in [6.07, 6.45) is 9.58. The molecule has 1 nitrogen and oxygen atoms in total. The molecule has 0 aromatic heterocycles. The Morgan fingerprint density at radius 1 is 1.27 bits per heavy atom. The average Bonchev–Trinajstić information content (AvgIpc) is 2.25. The molecule has 2 heterocycles. The number of Topliss-reactive ketones (excluding diaryl/α,β-unsaturated/α-hetero) is 1. The molecule has 0 aromatic rings. The van der Waals surface area contributed by atoms with E-state index in [-0.39, 0.29) is 0 Å². The van der Waals surface area contributed by atoms with Gasteiger partial charge in [-0.1, -0.05) is 19.8 Å². The lowest BCUT2D eigenvalue weighted by Crippen LogP contribution is -2.32. The minimum Gasteiger partial charge on any atom is -0.299 e. The van der Waals surface area contributed by atoms with Gasteiger partial charge in [0.2, 0.25) is 0 Å². The van der Waals surface area contributed by atoms with E-state index in [2.05, 4.69) is 18.7 Å². The molecule has 2 fully saturated rings. The molecule has 2 rings (SSSR count). The molecule has 0 aliphatic carbocycles. The van der Waals surface area contributed by atoms with Gasteiger partial charge < -0.3 is 0 Å². The molecule has 0 spiro atoms. The van der Waals surface area contributed by atoms with Crippen molar-refractivity contribution in [3.05, 3.63) is 0 Å². The fraction of sp³-hybridized carbons (Fsp3) is 0.923. The highest BCUT2D eigenvalue weighted by Crippen LogP contribution is 2.44. The molecule has 2 unspecified atom stereocenters. The monoisotopic (exact) mass is 226 g/mol. The lowest BCUT2D eigenvalue weighted by Gasteiger charge is -2.38. The van der Waals surface area contributed by atoms with Crippen molar-refractivity contribution >= 4 is 17.5 Å². The summed E-state index contributed by atoms with van der Waals surface area (Å²) in [5.41, 5.74) is 0. The standard InChI is InChI=1S/C13H22OS/c1-2-3-7-13(14)10-8-11-5-4-6-12(9-10)15-11/h10-12H,2-9H2,1H3. The predicted octanol–water partition coefficient (Wildman–Crippen LogP) is 3.81. The van der Waals surface area contributed by atoms with Crippen LogP contribution in [0.2, 0.25) is 0 Å². The first-order valence-corrected chi connectivity index (χ1v) is 7.42. The minimum atomic E-state index is 0.424. The topological polar surface area (TPSA) is 17.1 Å². The summed E-state index contributed by atoms with van der Waals surface area (Å²) in [5, 5.41) is 1.63. The van der Waals surface area contributed by atoms with Crippen molar-refractivity contribution in [1.29, 1.82) is 0 Å². The Bertz CT molecular complexity index is 215. The van der Waals surface area contributed by atoms with Crippen molar-refractivity contribution in [2.24, 2.45) is 5.92 Å². The summed E-state index contributed by atoms with van der Waals surface area (Å²) >= 11 is 2.17. The van der Waals surface area contributed by atoms with Crippen LogP contribution in [0.5, 0.6) is 0 Å². The van der Waals surface area contributed by atoms with Gasteiger partial charge >= 0.3 is 0 Å². The predicted molar refractivity (Wildman–Crippen MR) is 66.3 cm³/mol. The van der Waals surface area contributed by atoms with Crippen molar-refractivity contribution in [1.82, 2.24) is 0 Å². The maximum atomic E-state index is 12.0. The molecule has 0 saturated carbocycles. The SMILES string of the molecule is CCCCC(=O)C1CC2CCCC(C1)S2. The molecule has 2 aliphatic rings. The lowest BCUT2D eigenvalue weighted by molar-refractivity contribution is -0.123. The van der Waals surface area contributed by atoms with Crippen LogP contribution in [0.15, 0.2) is 0 Å². The number of carbonyl (C=O) groups is 1. The third-order valence-corrected chi connectivity index (χ3v) is 5.39. The van der Waals surface area contributed by atoms with E-state index in [4.69, 9.17) is 0 Å². The Morgan fingerprint density at radius 2 is 1.93 bits per heavy atom. The van der Waals surface area contributed by atoms with E-state index in [0.717, 1.165) is 29.8 Å². The molecule has 2 atom stereocenters. The van der Waals surface area contributed by atoms with Gasteiger partial charge in [-0.3, -0.25) is 4.79 Å². The number of hydrogen-bond donors (Lipinski definition) is 0. The van der Waals surface area contributed by atoms with Gasteiger partial charge in [-0.2, -0.15) is 11.8 Å². The average molecular weight is 226 g/mol. The number of unbranched alkanes of at least 4 members (excludes halogenated alkanes) is 1. The van der Waals surface area contributed by atoms with Crippen molar-refractivity contribution in [2.45, 2.75) is 68.8 Å². The first-order chi connectivity index (χ1) is 7.29. The number of thioether (sulfide) groups is 1. The van der Waals surface area contributed by atoms with E-state index in [1.165, 1.54) is 32.1 Å². The van der Waals surface area contributed by atoms with Gasteiger partial charge in [0.1, 0.15) is 5.78 Å². The molecule has 2 bridgehead atoms. The Labute approximate surface area is 97.4 Å². The number of rotatable bonds is 4. The van der Waals surface area contributed by atoms with E-state index in [1.54, 1.807) is 0 Å². The molecule has 2 heteroatoms. The molecular formula is C13H22OS. The molecule has 0 aromatic carbocycles. The summed E-state index contributed by atoms with van der Waals surface area (Å²) in [6.45, 7) is 2.17. The second kappa shape index (κ2) is 5.38. The number of hydrogen-bond acceptors (Lipinski definition) is 2. The summed E-state index contributed by atoms with van der Waals surface area (Å²) in [7, 11) is 0. The first-order valence-electron chi connectivity index (χ1n) is 6.47. The Morgan fingerprint density at radius 3 is 2.53 bits per heavy atom. The van der Waals surface area contributed by atoms with Gasteiger partial charge in [0.15, 0.2) is 0 Å². The molecular weight excluding hydrogens is 204 g/mol. The molecule has 2 aliphatic heterocycles. The molecule has 0 amide bonds. The smallest absolute Gasteiger partial charge is 0.136 e. The summed E-state index contributed by atoms with van der Waals surface area (Å²) in [5.74, 6) is 0.988. The zero-order valence-corrected chi connectivity index (χ0v) is 10.5. The molecule has 15 heavy (non-hydrogen) atoms. The van der Waals surface area contributed by atoms with E-state index in [9.17, 15) is 4.79 Å². The van der Waals surface area contributed by atoms with Gasteiger partial charge in [0.05, 0.1) is 0 Å². The van der Waals surface area contributed by atoms with E-state index in [1.807, 2.05) is 0 Å². The van der Waals surface area contributed by atoms with Crippen LogP contribution in [-0.4, -0.2) is 16.3 Å². The number of fused-ring (bicyclic) bond motifs is 2. The Kier molecular flexibility index (Phi) is 4.13. The largest absolute Gasteiger partial charge is 0.299 e. The van der Waals surface area contributed by atoms with Crippen molar-refractivity contribution in [3.63, 3.8) is 0 Å². The van der Waals surface area contributed by atoms with Crippen LogP contribution in [0.4, 0.5) is 0 Å². The first kappa shape index (κ1) is 11.5. The maximum Gasteiger partial charge on any atom is 0.136 e. The Hall–Kier alpha value is 0.0200. The van der Waals surface area contributed by atoms with Crippen LogP contribution in [0.1, 0.15) is 58.3 Å². The van der Waals surface area contributed by atoms with Gasteiger partial charge in [-0.15, -0.1) is 0 Å². The highest BCUT2D eigenvalue weighted by Gasteiger charge is 2.34. The van der Waals surface area contributed by atoms with E-state index >= 15 is 0 Å². The van der Waals surface area contributed by atoms with Crippen LogP contribution in [0.25, 0.3) is 0 Å². The molecule has 2 saturated heterocycles. The normalized spacial score (nSPS) is 35.1. The van der Waals surface area contributed by atoms with Gasteiger partial charge in [0, 0.05) is 22.8 Å². The van der Waals surface area contributed by atoms with Crippen LogP contribution in [0, 0.1) is 5.92 Å². The third-order valence-electron chi connectivity index (χ3n) is 3.76.